The van der Waals surface area contributed by atoms with E-state index in [1.165, 1.54) is 0 Å². The summed E-state index contributed by atoms with van der Waals surface area (Å²) in [7, 11) is 0. The predicted molar refractivity (Wildman–Crippen MR) is 69.9 cm³/mol. The van der Waals surface area contributed by atoms with Crippen LogP contribution in [0.5, 0.6) is 0 Å². The average molecular weight is 291 g/mol. The fourth-order valence-electron chi connectivity index (χ4n) is 1.57. The lowest BCUT2D eigenvalue weighted by molar-refractivity contribution is 0.673. The normalized spacial score (nSPS) is 10.8. The van der Waals surface area contributed by atoms with Gasteiger partial charge in [0.1, 0.15) is 5.82 Å². The lowest BCUT2D eigenvalue weighted by Gasteiger charge is -2.07. The van der Waals surface area contributed by atoms with Crippen molar-refractivity contribution < 1.29 is 0 Å². The van der Waals surface area contributed by atoms with Gasteiger partial charge in [-0.25, -0.2) is 0 Å². The lowest BCUT2D eigenvalue weighted by atomic mass is 10.1. The van der Waals surface area contributed by atoms with Gasteiger partial charge >= 0.3 is 0 Å². The molecule has 2 aromatic rings. The van der Waals surface area contributed by atoms with Crippen molar-refractivity contribution in [3.63, 3.8) is 0 Å². The van der Waals surface area contributed by atoms with Crippen LogP contribution in [0.25, 0.3) is 0 Å². The van der Waals surface area contributed by atoms with Gasteiger partial charge in [0.05, 0.1) is 0 Å². The highest BCUT2D eigenvalue weighted by molar-refractivity contribution is 6.35. The van der Waals surface area contributed by atoms with Crippen LogP contribution in [-0.4, -0.2) is 14.8 Å². The Balaban J connectivity index is 2.13. The van der Waals surface area contributed by atoms with Gasteiger partial charge < -0.3 is 4.57 Å². The van der Waals surface area contributed by atoms with E-state index in [9.17, 15) is 0 Å². The van der Waals surface area contributed by atoms with Crippen LogP contribution in [0, 0.1) is 6.92 Å². The molecule has 0 amide bonds. The molecule has 1 aromatic heterocycles. The average Bonchev–Trinajstić information content (AvgIpc) is 2.58. The molecule has 3 nitrogen and oxygen atoms in total. The maximum atomic E-state index is 6.09. The molecule has 0 radical (unpaired) electrons. The van der Waals surface area contributed by atoms with Crippen LogP contribution in [0.3, 0.4) is 0 Å². The van der Waals surface area contributed by atoms with Gasteiger partial charge in [-0.1, -0.05) is 29.3 Å². The topological polar surface area (TPSA) is 30.7 Å². The van der Waals surface area contributed by atoms with Crippen molar-refractivity contribution in [1.29, 1.82) is 0 Å². The van der Waals surface area contributed by atoms with Crippen molar-refractivity contribution in [2.75, 3.05) is 0 Å². The zero-order valence-electron chi connectivity index (χ0n) is 9.12. The summed E-state index contributed by atoms with van der Waals surface area (Å²) in [6.07, 6.45) is 0.759. The van der Waals surface area contributed by atoms with Crippen molar-refractivity contribution in [3.05, 3.63) is 44.9 Å². The third kappa shape index (κ3) is 2.92. The summed E-state index contributed by atoms with van der Waals surface area (Å²) in [5.41, 5.74) is 1.03. The minimum absolute atomic E-state index is 0.396. The molecule has 0 N–H and O–H groups in total. The number of hydrogen-bond acceptors (Lipinski definition) is 2. The number of hydrogen-bond donors (Lipinski definition) is 0. The highest BCUT2D eigenvalue weighted by Gasteiger charge is 2.07. The smallest absolute Gasteiger partial charge is 0.225 e. The highest BCUT2D eigenvalue weighted by atomic mass is 35.5. The Morgan fingerprint density at radius 3 is 2.53 bits per heavy atom. The number of halogens is 3. The monoisotopic (exact) mass is 289 g/mol. The van der Waals surface area contributed by atoms with Crippen LogP contribution in [0.2, 0.25) is 15.3 Å². The minimum atomic E-state index is 0.396. The Morgan fingerprint density at radius 1 is 1.18 bits per heavy atom. The summed E-state index contributed by atoms with van der Waals surface area (Å²) in [5, 5.41) is 9.38. The molecule has 90 valence electrons. The first-order valence-electron chi connectivity index (χ1n) is 5.07. The lowest BCUT2D eigenvalue weighted by Crippen LogP contribution is -2.04. The fraction of sp³-hybridized carbons (Fsp3) is 0.273. The molecule has 0 saturated heterocycles. The Labute approximate surface area is 114 Å². The fourth-order valence-corrected chi connectivity index (χ4v) is 2.31. The molecule has 1 heterocycles. The third-order valence-corrected chi connectivity index (χ3v) is 3.38. The first-order chi connectivity index (χ1) is 8.08. The van der Waals surface area contributed by atoms with Gasteiger partial charge in [-0.15, -0.1) is 10.2 Å². The second kappa shape index (κ2) is 5.25. The molecule has 0 aliphatic carbocycles. The molecular formula is C11H10Cl3N3. The molecule has 17 heavy (non-hydrogen) atoms. The van der Waals surface area contributed by atoms with Crippen LogP contribution >= 0.6 is 34.8 Å². The van der Waals surface area contributed by atoms with E-state index in [1.54, 1.807) is 6.07 Å². The van der Waals surface area contributed by atoms with Crippen LogP contribution in [0.4, 0.5) is 0 Å². The van der Waals surface area contributed by atoms with Crippen LogP contribution in [-0.2, 0) is 13.0 Å². The van der Waals surface area contributed by atoms with Gasteiger partial charge in [-0.05, 0) is 42.6 Å². The van der Waals surface area contributed by atoms with Crippen LogP contribution in [0.1, 0.15) is 11.4 Å². The molecule has 2 rings (SSSR count). The van der Waals surface area contributed by atoms with Crippen molar-refractivity contribution in [2.24, 2.45) is 0 Å². The molecule has 0 bridgehead atoms. The summed E-state index contributed by atoms with van der Waals surface area (Å²) in [6.45, 7) is 2.56. The van der Waals surface area contributed by atoms with Gasteiger partial charge in [-0.3, -0.25) is 0 Å². The predicted octanol–water partition coefficient (Wildman–Crippen LogP) is 3.79. The number of rotatable bonds is 3. The SMILES string of the molecule is Cc1nnc(Cl)n1CCc1ccc(Cl)cc1Cl. The maximum Gasteiger partial charge on any atom is 0.225 e. The molecule has 0 atom stereocenters. The van der Waals surface area contributed by atoms with Crippen LogP contribution < -0.4 is 0 Å². The van der Waals surface area contributed by atoms with Crippen LogP contribution in [0.15, 0.2) is 18.2 Å². The third-order valence-electron chi connectivity index (χ3n) is 2.51. The van der Waals surface area contributed by atoms with E-state index < -0.39 is 0 Å². The summed E-state index contributed by atoms with van der Waals surface area (Å²) >= 11 is 17.8. The number of aryl methyl sites for hydroxylation is 2. The summed E-state index contributed by atoms with van der Waals surface area (Å²) in [6, 6.07) is 5.47. The van der Waals surface area contributed by atoms with E-state index in [1.807, 2.05) is 23.6 Å². The van der Waals surface area contributed by atoms with E-state index in [-0.39, 0.29) is 0 Å². The Morgan fingerprint density at radius 2 is 1.94 bits per heavy atom. The Kier molecular flexibility index (Phi) is 3.92. The molecule has 1 aromatic carbocycles. The maximum absolute atomic E-state index is 6.09. The van der Waals surface area contributed by atoms with Crippen molar-refractivity contribution in [2.45, 2.75) is 19.9 Å². The van der Waals surface area contributed by atoms with Gasteiger partial charge in [-0.2, -0.15) is 0 Å². The van der Waals surface area contributed by atoms with Gasteiger partial charge in [0, 0.05) is 16.6 Å². The molecule has 6 heteroatoms. The Hall–Kier alpha value is -0.770. The molecule has 0 unspecified atom stereocenters. The quantitative estimate of drug-likeness (QED) is 0.861. The molecule has 0 fully saturated rings. The summed E-state index contributed by atoms with van der Waals surface area (Å²) in [4.78, 5) is 0. The zero-order chi connectivity index (χ0) is 12.4. The number of benzene rings is 1. The first-order valence-corrected chi connectivity index (χ1v) is 6.20. The second-order valence-corrected chi connectivity index (χ2v) is 4.84. The first kappa shape index (κ1) is 12.7. The van der Waals surface area contributed by atoms with E-state index >= 15 is 0 Å². The van der Waals surface area contributed by atoms with E-state index in [0.717, 1.165) is 17.8 Å². The van der Waals surface area contributed by atoms with E-state index in [4.69, 9.17) is 34.8 Å². The largest absolute Gasteiger partial charge is 0.302 e. The molecule has 0 spiro atoms. The van der Waals surface area contributed by atoms with Gasteiger partial charge in [0.2, 0.25) is 5.28 Å². The van der Waals surface area contributed by atoms with Gasteiger partial charge in [0.25, 0.3) is 0 Å². The van der Waals surface area contributed by atoms with E-state index in [0.29, 0.717) is 21.9 Å². The van der Waals surface area contributed by atoms with E-state index in [2.05, 4.69) is 10.2 Å². The number of nitrogens with zero attached hydrogens (tertiary/aromatic N) is 3. The molecule has 0 saturated carbocycles. The molecule has 0 aliphatic heterocycles. The Bertz CT molecular complexity index is 517. The minimum Gasteiger partial charge on any atom is -0.302 e. The standard InChI is InChI=1S/C11H10Cl3N3/c1-7-15-16-11(14)17(7)5-4-8-2-3-9(12)6-10(8)13/h2-3,6H,4-5H2,1H3. The number of aromatic nitrogens is 3. The molecular weight excluding hydrogens is 281 g/mol. The second-order valence-electron chi connectivity index (χ2n) is 3.65. The highest BCUT2D eigenvalue weighted by Crippen LogP contribution is 2.22. The van der Waals surface area contributed by atoms with Crippen molar-refractivity contribution in [3.8, 4) is 0 Å². The van der Waals surface area contributed by atoms with Crippen molar-refractivity contribution >= 4 is 34.8 Å². The summed E-state index contributed by atoms with van der Waals surface area (Å²) in [5.74, 6) is 0.792. The van der Waals surface area contributed by atoms with Crippen molar-refractivity contribution in [1.82, 2.24) is 14.8 Å². The molecule has 0 aliphatic rings. The summed E-state index contributed by atoms with van der Waals surface area (Å²) < 4.78 is 1.84. The van der Waals surface area contributed by atoms with Gasteiger partial charge in [0.15, 0.2) is 0 Å². The zero-order valence-corrected chi connectivity index (χ0v) is 11.4.